The van der Waals surface area contributed by atoms with Crippen LogP contribution in [-0.2, 0) is 4.79 Å². The molecule has 2 N–H and O–H groups in total. The highest BCUT2D eigenvalue weighted by Crippen LogP contribution is 2.27. The van der Waals surface area contributed by atoms with E-state index in [-0.39, 0.29) is 17.9 Å². The summed E-state index contributed by atoms with van der Waals surface area (Å²) in [5.41, 5.74) is 6.01. The predicted molar refractivity (Wildman–Crippen MR) is 71.6 cm³/mol. The fraction of sp³-hybridized carbons (Fsp3) is 0.929. The van der Waals surface area contributed by atoms with Gasteiger partial charge in [-0.2, -0.15) is 0 Å². The van der Waals surface area contributed by atoms with Crippen molar-refractivity contribution >= 4 is 5.91 Å². The number of rotatable bonds is 4. The fourth-order valence-corrected chi connectivity index (χ4v) is 2.54. The molecule has 1 aliphatic carbocycles. The van der Waals surface area contributed by atoms with Crippen LogP contribution in [0.25, 0.3) is 0 Å². The summed E-state index contributed by atoms with van der Waals surface area (Å²) in [7, 11) is 1.92. The van der Waals surface area contributed by atoms with Gasteiger partial charge in [0.25, 0.3) is 0 Å². The van der Waals surface area contributed by atoms with Crippen molar-refractivity contribution in [2.45, 2.75) is 65.0 Å². The summed E-state index contributed by atoms with van der Waals surface area (Å²) in [5.74, 6) is 1.21. The molecule has 2 unspecified atom stereocenters. The Labute approximate surface area is 106 Å². The van der Waals surface area contributed by atoms with Crippen LogP contribution in [0, 0.1) is 11.8 Å². The molecule has 0 aromatic rings. The second-order valence-electron chi connectivity index (χ2n) is 5.77. The van der Waals surface area contributed by atoms with Gasteiger partial charge in [-0.3, -0.25) is 4.79 Å². The SMILES string of the molecule is CCC(C)C(N)C(=O)N(C)C1CCC(C)CC1. The summed E-state index contributed by atoms with van der Waals surface area (Å²) in [6.07, 6.45) is 5.71. The molecule has 1 rings (SSSR count). The van der Waals surface area contributed by atoms with E-state index < -0.39 is 0 Å². The summed E-state index contributed by atoms with van der Waals surface area (Å²) < 4.78 is 0. The maximum Gasteiger partial charge on any atom is 0.239 e. The molecule has 0 aliphatic heterocycles. The van der Waals surface area contributed by atoms with E-state index in [9.17, 15) is 4.79 Å². The van der Waals surface area contributed by atoms with Gasteiger partial charge in [-0.05, 0) is 37.5 Å². The molecule has 3 nitrogen and oxygen atoms in total. The summed E-state index contributed by atoms with van der Waals surface area (Å²) in [6.45, 7) is 6.43. The van der Waals surface area contributed by atoms with Crippen molar-refractivity contribution in [3.05, 3.63) is 0 Å². The molecule has 0 radical (unpaired) electrons. The van der Waals surface area contributed by atoms with Crippen LogP contribution in [0.5, 0.6) is 0 Å². The Balaban J connectivity index is 2.51. The molecule has 3 heteroatoms. The van der Waals surface area contributed by atoms with Crippen LogP contribution >= 0.6 is 0 Å². The van der Waals surface area contributed by atoms with Gasteiger partial charge in [0.2, 0.25) is 5.91 Å². The highest BCUT2D eigenvalue weighted by molar-refractivity contribution is 5.82. The van der Waals surface area contributed by atoms with Crippen molar-refractivity contribution in [2.24, 2.45) is 17.6 Å². The highest BCUT2D eigenvalue weighted by atomic mass is 16.2. The Bertz CT molecular complexity index is 247. The number of hydrogen-bond donors (Lipinski definition) is 1. The Kier molecular flexibility index (Phi) is 5.44. The molecule has 1 amide bonds. The number of likely N-dealkylation sites (N-methyl/N-ethyl adjacent to an activating group) is 1. The third kappa shape index (κ3) is 3.70. The smallest absolute Gasteiger partial charge is 0.239 e. The topological polar surface area (TPSA) is 46.3 Å². The summed E-state index contributed by atoms with van der Waals surface area (Å²) in [6, 6.07) is 0.0816. The maximum atomic E-state index is 12.2. The number of carbonyl (C=O) groups excluding carboxylic acids is 1. The van der Waals surface area contributed by atoms with Crippen molar-refractivity contribution in [3.8, 4) is 0 Å². The molecule has 0 heterocycles. The van der Waals surface area contributed by atoms with Crippen LogP contribution in [0.1, 0.15) is 52.9 Å². The van der Waals surface area contributed by atoms with Crippen molar-refractivity contribution in [2.75, 3.05) is 7.05 Å². The van der Waals surface area contributed by atoms with E-state index >= 15 is 0 Å². The molecular formula is C14H28N2O. The lowest BCUT2D eigenvalue weighted by atomic mass is 9.86. The van der Waals surface area contributed by atoms with E-state index in [1.54, 1.807) is 0 Å². The van der Waals surface area contributed by atoms with Gasteiger partial charge in [0.1, 0.15) is 0 Å². The van der Waals surface area contributed by atoms with Crippen LogP contribution in [-0.4, -0.2) is 29.9 Å². The number of carbonyl (C=O) groups is 1. The summed E-state index contributed by atoms with van der Waals surface area (Å²) in [5, 5.41) is 0. The number of amides is 1. The summed E-state index contributed by atoms with van der Waals surface area (Å²) >= 11 is 0. The zero-order chi connectivity index (χ0) is 13.0. The normalized spacial score (nSPS) is 28.5. The van der Waals surface area contributed by atoms with Gasteiger partial charge in [0.05, 0.1) is 6.04 Å². The minimum absolute atomic E-state index is 0.124. The minimum atomic E-state index is -0.329. The van der Waals surface area contributed by atoms with Crippen LogP contribution < -0.4 is 5.73 Å². The largest absolute Gasteiger partial charge is 0.341 e. The van der Waals surface area contributed by atoms with Gasteiger partial charge in [0.15, 0.2) is 0 Å². The lowest BCUT2D eigenvalue weighted by Gasteiger charge is -2.35. The minimum Gasteiger partial charge on any atom is -0.341 e. The van der Waals surface area contributed by atoms with Crippen LogP contribution in [0.15, 0.2) is 0 Å². The van der Waals surface area contributed by atoms with Gasteiger partial charge < -0.3 is 10.6 Å². The molecule has 0 bridgehead atoms. The van der Waals surface area contributed by atoms with Crippen molar-refractivity contribution in [1.82, 2.24) is 4.90 Å². The lowest BCUT2D eigenvalue weighted by molar-refractivity contribution is -0.135. The standard InChI is InChI=1S/C14H28N2O/c1-5-11(3)13(15)14(17)16(4)12-8-6-10(2)7-9-12/h10-13H,5-9,15H2,1-4H3. The van der Waals surface area contributed by atoms with Gasteiger partial charge in [0, 0.05) is 13.1 Å². The van der Waals surface area contributed by atoms with Crippen LogP contribution in [0.3, 0.4) is 0 Å². The molecule has 100 valence electrons. The number of nitrogens with two attached hydrogens (primary N) is 1. The molecule has 1 fully saturated rings. The number of hydrogen-bond acceptors (Lipinski definition) is 2. The third-order valence-electron chi connectivity index (χ3n) is 4.42. The molecule has 0 saturated heterocycles. The van der Waals surface area contributed by atoms with E-state index in [0.29, 0.717) is 6.04 Å². The third-order valence-corrected chi connectivity index (χ3v) is 4.42. The highest BCUT2D eigenvalue weighted by Gasteiger charge is 2.29. The van der Waals surface area contributed by atoms with E-state index in [2.05, 4.69) is 20.8 Å². The Morgan fingerprint density at radius 3 is 2.35 bits per heavy atom. The first-order chi connectivity index (χ1) is 7.97. The number of nitrogens with zero attached hydrogens (tertiary/aromatic N) is 1. The monoisotopic (exact) mass is 240 g/mol. The second-order valence-corrected chi connectivity index (χ2v) is 5.77. The van der Waals surface area contributed by atoms with Gasteiger partial charge >= 0.3 is 0 Å². The molecule has 0 aromatic heterocycles. The van der Waals surface area contributed by atoms with Gasteiger partial charge in [-0.15, -0.1) is 0 Å². The zero-order valence-corrected chi connectivity index (χ0v) is 11.8. The first-order valence-electron chi connectivity index (χ1n) is 6.99. The average molecular weight is 240 g/mol. The zero-order valence-electron chi connectivity index (χ0n) is 11.8. The molecule has 0 spiro atoms. The predicted octanol–water partition coefficient (Wildman–Crippen LogP) is 2.40. The molecular weight excluding hydrogens is 212 g/mol. The average Bonchev–Trinajstić information content (AvgIpc) is 2.36. The molecule has 1 aliphatic rings. The maximum absolute atomic E-state index is 12.2. The van der Waals surface area contributed by atoms with Crippen molar-refractivity contribution in [3.63, 3.8) is 0 Å². The van der Waals surface area contributed by atoms with Crippen molar-refractivity contribution < 1.29 is 4.79 Å². The Morgan fingerprint density at radius 1 is 1.35 bits per heavy atom. The molecule has 2 atom stereocenters. The first-order valence-corrected chi connectivity index (χ1v) is 6.99. The van der Waals surface area contributed by atoms with E-state index in [0.717, 1.165) is 25.2 Å². The van der Waals surface area contributed by atoms with Gasteiger partial charge in [-0.25, -0.2) is 0 Å². The van der Waals surface area contributed by atoms with Crippen molar-refractivity contribution in [1.29, 1.82) is 0 Å². The van der Waals surface area contributed by atoms with Crippen LogP contribution in [0.4, 0.5) is 0 Å². The Morgan fingerprint density at radius 2 is 1.88 bits per heavy atom. The van der Waals surface area contributed by atoms with E-state index in [1.807, 2.05) is 11.9 Å². The molecule has 1 saturated carbocycles. The lowest BCUT2D eigenvalue weighted by Crippen LogP contribution is -2.49. The van der Waals surface area contributed by atoms with Gasteiger partial charge in [-0.1, -0.05) is 27.2 Å². The first kappa shape index (κ1) is 14.5. The fourth-order valence-electron chi connectivity index (χ4n) is 2.54. The van der Waals surface area contributed by atoms with E-state index in [1.165, 1.54) is 12.8 Å². The summed E-state index contributed by atoms with van der Waals surface area (Å²) in [4.78, 5) is 14.1. The van der Waals surface area contributed by atoms with Crippen LogP contribution in [0.2, 0.25) is 0 Å². The Hall–Kier alpha value is -0.570. The second kappa shape index (κ2) is 6.39. The quantitative estimate of drug-likeness (QED) is 0.820. The molecule has 0 aromatic carbocycles. The molecule has 17 heavy (non-hydrogen) atoms. The van der Waals surface area contributed by atoms with E-state index in [4.69, 9.17) is 5.73 Å².